The fraction of sp³-hybridized carbons (Fsp3) is 0.417. The Kier molecular flexibility index (Phi) is 9.71. The minimum atomic E-state index is -4.74. The highest BCUT2D eigenvalue weighted by atomic mass is 79.9. The zero-order valence-electron chi connectivity index (χ0n) is 20.2. The largest absolute Gasteiger partial charge is 0.465 e. The molecule has 2 aromatic carbocycles. The molecule has 1 atom stereocenters. The lowest BCUT2D eigenvalue weighted by atomic mass is 10.0. The summed E-state index contributed by atoms with van der Waals surface area (Å²) in [5, 5.41) is 13.8. The number of rotatable bonds is 9. The summed E-state index contributed by atoms with van der Waals surface area (Å²) in [6.07, 6.45) is -5.26. The molecule has 0 saturated carbocycles. The first kappa shape index (κ1) is 30.2. The summed E-state index contributed by atoms with van der Waals surface area (Å²) in [5.74, 6) is -1.01. The van der Waals surface area contributed by atoms with Crippen LogP contribution < -0.4 is 10.6 Å². The summed E-state index contributed by atoms with van der Waals surface area (Å²) >= 11 is 9.18. The highest BCUT2D eigenvalue weighted by Crippen LogP contribution is 2.37. The number of carboxylic acid groups (broad SMARTS) is 1. The molecule has 1 saturated heterocycles. The number of likely N-dealkylation sites (tertiary alicyclic amines) is 1. The van der Waals surface area contributed by atoms with E-state index in [9.17, 15) is 31.2 Å². The van der Waals surface area contributed by atoms with E-state index in [2.05, 4.69) is 26.6 Å². The number of nitrogens with zero attached hydrogens (tertiary/aromatic N) is 1. The second-order valence-electron chi connectivity index (χ2n) is 8.90. The van der Waals surface area contributed by atoms with Crippen LogP contribution in [0.25, 0.3) is 0 Å². The minimum Gasteiger partial charge on any atom is -0.465 e. The Balaban J connectivity index is 1.81. The maximum atomic E-state index is 14.0. The van der Waals surface area contributed by atoms with Crippen molar-refractivity contribution in [3.8, 4) is 0 Å². The van der Waals surface area contributed by atoms with Crippen molar-refractivity contribution in [2.24, 2.45) is 5.92 Å². The molecule has 1 aliphatic heterocycles. The van der Waals surface area contributed by atoms with Crippen LogP contribution in [0.1, 0.15) is 40.4 Å². The monoisotopic (exact) mass is 639 g/mol. The number of carbonyl (C=O) groups is 2. The van der Waals surface area contributed by atoms with Gasteiger partial charge in [0.1, 0.15) is 0 Å². The zero-order chi connectivity index (χ0) is 28.3. The predicted octanol–water partition coefficient (Wildman–Crippen LogP) is 4.93. The third kappa shape index (κ3) is 7.61. The molecule has 0 spiro atoms. The van der Waals surface area contributed by atoms with Crippen molar-refractivity contribution < 1.29 is 36.3 Å². The first-order valence-corrected chi connectivity index (χ1v) is 14.4. The van der Waals surface area contributed by atoms with Gasteiger partial charge in [0.05, 0.1) is 16.2 Å². The molecule has 2 aromatic rings. The molecule has 2 amide bonds. The second kappa shape index (κ2) is 12.2. The lowest BCUT2D eigenvalue weighted by Gasteiger charge is -2.22. The Labute approximate surface area is 231 Å². The van der Waals surface area contributed by atoms with Crippen molar-refractivity contribution in [3.63, 3.8) is 0 Å². The SMILES string of the molecule is CCS(=O)(=O)c1ccc(Cl)cc1CNC(=O)c1cc(Br)c(CN2CC[C@@H](CNC(=O)O)C2)c(C(F)(F)F)c1. The normalized spacial score (nSPS) is 16.4. The standard InChI is InChI=1S/C24H26BrClF3N3O5S/c1-2-38(36,37)21-4-3-17(26)7-16(21)11-30-22(33)15-8-19(24(27,28)29)18(20(25)9-15)13-32-6-5-14(12-32)10-31-23(34)35/h3-4,7-9,14,31H,2,5-6,10-13H2,1H3,(H,30,33)(H,34,35)/t14-/m0/s1. The van der Waals surface area contributed by atoms with E-state index in [0.717, 1.165) is 6.07 Å². The molecule has 1 aliphatic rings. The van der Waals surface area contributed by atoms with Gasteiger partial charge in [-0.15, -0.1) is 0 Å². The van der Waals surface area contributed by atoms with Crippen molar-refractivity contribution in [1.82, 2.24) is 15.5 Å². The molecule has 208 valence electrons. The Morgan fingerprint density at radius 2 is 1.92 bits per heavy atom. The average molecular weight is 641 g/mol. The lowest BCUT2D eigenvalue weighted by molar-refractivity contribution is -0.138. The first-order valence-electron chi connectivity index (χ1n) is 11.6. The number of carbonyl (C=O) groups excluding carboxylic acids is 1. The van der Waals surface area contributed by atoms with Crippen LogP contribution in [0.5, 0.6) is 0 Å². The van der Waals surface area contributed by atoms with E-state index in [-0.39, 0.29) is 62.4 Å². The van der Waals surface area contributed by atoms with Crippen LogP contribution in [0.15, 0.2) is 39.7 Å². The van der Waals surface area contributed by atoms with Gasteiger partial charge in [-0.25, -0.2) is 13.2 Å². The Morgan fingerprint density at radius 3 is 2.55 bits per heavy atom. The fourth-order valence-electron chi connectivity index (χ4n) is 4.28. The van der Waals surface area contributed by atoms with Crippen molar-refractivity contribution in [2.45, 2.75) is 37.5 Å². The van der Waals surface area contributed by atoms with Crippen LogP contribution in [0.4, 0.5) is 18.0 Å². The molecule has 0 aromatic heterocycles. The number of benzene rings is 2. The van der Waals surface area contributed by atoms with Crippen LogP contribution in [0, 0.1) is 5.92 Å². The predicted molar refractivity (Wildman–Crippen MR) is 139 cm³/mol. The number of nitrogens with one attached hydrogen (secondary N) is 2. The van der Waals surface area contributed by atoms with E-state index in [1.807, 2.05) is 0 Å². The van der Waals surface area contributed by atoms with Crippen LogP contribution in [0.2, 0.25) is 5.02 Å². The molecule has 8 nitrogen and oxygen atoms in total. The van der Waals surface area contributed by atoms with Gasteiger partial charge in [0.25, 0.3) is 5.91 Å². The fourth-order valence-corrected chi connectivity index (χ4v) is 6.18. The van der Waals surface area contributed by atoms with Gasteiger partial charge in [-0.05, 0) is 60.3 Å². The summed E-state index contributed by atoms with van der Waals surface area (Å²) in [6.45, 7) is 2.32. The van der Waals surface area contributed by atoms with Crippen LogP contribution >= 0.6 is 27.5 Å². The van der Waals surface area contributed by atoms with Crippen LogP contribution in [0.3, 0.4) is 0 Å². The molecular formula is C24H26BrClF3N3O5S. The molecule has 14 heteroatoms. The summed E-state index contributed by atoms with van der Waals surface area (Å²) in [7, 11) is -3.62. The number of alkyl halides is 3. The molecule has 0 unspecified atom stereocenters. The van der Waals surface area contributed by atoms with Gasteiger partial charge in [0, 0.05) is 41.2 Å². The Bertz CT molecular complexity index is 1320. The minimum absolute atomic E-state index is 0.0142. The highest BCUT2D eigenvalue weighted by Gasteiger charge is 2.36. The number of hydrogen-bond donors (Lipinski definition) is 3. The quantitative estimate of drug-likeness (QED) is 0.358. The number of amides is 2. The second-order valence-corrected chi connectivity index (χ2v) is 12.4. The smallest absolute Gasteiger partial charge is 0.416 e. The van der Waals surface area contributed by atoms with Crippen LogP contribution in [-0.4, -0.2) is 55.8 Å². The van der Waals surface area contributed by atoms with Gasteiger partial charge >= 0.3 is 12.3 Å². The van der Waals surface area contributed by atoms with Gasteiger partial charge < -0.3 is 15.7 Å². The maximum absolute atomic E-state index is 14.0. The van der Waals surface area contributed by atoms with E-state index in [4.69, 9.17) is 16.7 Å². The highest BCUT2D eigenvalue weighted by molar-refractivity contribution is 9.10. The lowest BCUT2D eigenvalue weighted by Crippen LogP contribution is -2.30. The molecule has 0 radical (unpaired) electrons. The van der Waals surface area contributed by atoms with E-state index >= 15 is 0 Å². The van der Waals surface area contributed by atoms with Crippen molar-refractivity contribution in [2.75, 3.05) is 25.4 Å². The molecular weight excluding hydrogens is 615 g/mol. The van der Waals surface area contributed by atoms with Crippen molar-refractivity contribution in [1.29, 1.82) is 0 Å². The molecule has 1 heterocycles. The van der Waals surface area contributed by atoms with Crippen molar-refractivity contribution in [3.05, 3.63) is 62.1 Å². The Morgan fingerprint density at radius 1 is 1.21 bits per heavy atom. The van der Waals surface area contributed by atoms with E-state index in [0.29, 0.717) is 19.5 Å². The average Bonchev–Trinajstić information content (AvgIpc) is 3.28. The Hall–Kier alpha value is -2.35. The molecule has 1 fully saturated rings. The molecule has 3 rings (SSSR count). The van der Waals surface area contributed by atoms with Crippen LogP contribution in [-0.2, 0) is 29.1 Å². The molecule has 0 bridgehead atoms. The van der Waals surface area contributed by atoms with E-state index in [1.54, 1.807) is 4.90 Å². The van der Waals surface area contributed by atoms with Crippen molar-refractivity contribution >= 4 is 49.4 Å². The summed E-state index contributed by atoms with van der Waals surface area (Å²) in [5.41, 5.74) is -1.03. The maximum Gasteiger partial charge on any atom is 0.416 e. The zero-order valence-corrected chi connectivity index (χ0v) is 23.4. The van der Waals surface area contributed by atoms with Gasteiger partial charge in [0.2, 0.25) is 0 Å². The molecule has 0 aliphatic carbocycles. The van der Waals surface area contributed by atoms with Gasteiger partial charge in [0.15, 0.2) is 9.84 Å². The summed E-state index contributed by atoms with van der Waals surface area (Å²) < 4.78 is 67.0. The summed E-state index contributed by atoms with van der Waals surface area (Å²) in [6, 6.07) is 6.19. The van der Waals surface area contributed by atoms with Gasteiger partial charge in [-0.3, -0.25) is 9.69 Å². The van der Waals surface area contributed by atoms with Gasteiger partial charge in [-0.2, -0.15) is 13.2 Å². The summed E-state index contributed by atoms with van der Waals surface area (Å²) in [4.78, 5) is 25.3. The van der Waals surface area contributed by atoms with Gasteiger partial charge in [-0.1, -0.05) is 34.5 Å². The first-order chi connectivity index (χ1) is 17.7. The van der Waals surface area contributed by atoms with E-state index < -0.39 is 33.6 Å². The number of sulfone groups is 1. The topological polar surface area (TPSA) is 116 Å². The molecule has 38 heavy (non-hydrogen) atoms. The number of halogens is 5. The third-order valence-electron chi connectivity index (χ3n) is 6.23. The molecule has 3 N–H and O–H groups in total. The van der Waals surface area contributed by atoms with E-state index in [1.165, 1.54) is 31.2 Å². The number of hydrogen-bond acceptors (Lipinski definition) is 5. The third-order valence-corrected chi connectivity index (χ3v) is 9.00.